The van der Waals surface area contributed by atoms with E-state index < -0.39 is 20.3 Å². The van der Waals surface area contributed by atoms with Crippen LogP contribution in [0.15, 0.2) is 47.4 Å². The van der Waals surface area contributed by atoms with Crippen molar-refractivity contribution in [3.63, 3.8) is 0 Å². The minimum absolute atomic E-state index is 0.133. The Morgan fingerprint density at radius 1 is 1.27 bits per heavy atom. The van der Waals surface area contributed by atoms with Gasteiger partial charge in [-0.3, -0.25) is 10.1 Å². The molecule has 0 aromatic heterocycles. The number of ether oxygens (including phenoxy) is 1. The molecule has 1 heterocycles. The van der Waals surface area contributed by atoms with Crippen LogP contribution in [0, 0.1) is 10.1 Å². The van der Waals surface area contributed by atoms with Gasteiger partial charge >= 0.3 is 5.69 Å². The molecule has 0 bridgehead atoms. The predicted octanol–water partition coefficient (Wildman–Crippen LogP) is 3.69. The second-order valence-electron chi connectivity index (χ2n) is 5.48. The van der Waals surface area contributed by atoms with Gasteiger partial charge in [0, 0.05) is 23.4 Å². The van der Waals surface area contributed by atoms with Crippen molar-refractivity contribution in [2.75, 3.05) is 19.4 Å². The van der Waals surface area contributed by atoms with Gasteiger partial charge in [0.1, 0.15) is 0 Å². The van der Waals surface area contributed by atoms with Crippen molar-refractivity contribution in [2.24, 2.45) is 0 Å². The average Bonchev–Trinajstić information content (AvgIpc) is 3.12. The molecule has 1 aliphatic rings. The maximum Gasteiger partial charge on any atom is 0.311 e. The van der Waals surface area contributed by atoms with Gasteiger partial charge in [0.2, 0.25) is 10.0 Å². The molecule has 3 rings (SSSR count). The summed E-state index contributed by atoms with van der Waals surface area (Å²) >= 11 is 7.25. The zero-order valence-corrected chi connectivity index (χ0v) is 16.1. The minimum atomic E-state index is -3.75. The first-order valence-corrected chi connectivity index (χ1v) is 10.4. The number of halogens is 1. The topological polar surface area (TPSA) is 89.8 Å². The van der Waals surface area contributed by atoms with E-state index in [0.29, 0.717) is 22.9 Å². The van der Waals surface area contributed by atoms with Gasteiger partial charge in [-0.15, -0.1) is 11.8 Å². The molecule has 0 N–H and O–H groups in total. The molecule has 0 radical (unpaired) electrons. The fourth-order valence-electron chi connectivity index (χ4n) is 2.71. The van der Waals surface area contributed by atoms with Crippen molar-refractivity contribution in [2.45, 2.75) is 10.3 Å². The molecule has 1 aliphatic heterocycles. The standard InChI is InChI=1S/C16H15ClN2O5S2/c1-24-15-7-2-11(10-14(15)19(20)21)16-18(8-9-25-16)26(22,23)13-5-3-12(17)4-6-13/h2-7,10,16H,8-9H2,1H3/t16-/m0/s1. The molecule has 2 aromatic carbocycles. The second kappa shape index (κ2) is 7.43. The number of benzene rings is 2. The first kappa shape index (κ1) is 19.0. The van der Waals surface area contributed by atoms with Crippen molar-refractivity contribution in [3.8, 4) is 5.75 Å². The summed E-state index contributed by atoms with van der Waals surface area (Å²) in [5.74, 6) is 0.728. The largest absolute Gasteiger partial charge is 0.490 e. The van der Waals surface area contributed by atoms with Crippen molar-refractivity contribution in [1.82, 2.24) is 4.31 Å². The van der Waals surface area contributed by atoms with Crippen LogP contribution in [0.4, 0.5) is 5.69 Å². The fourth-order valence-corrected chi connectivity index (χ4v) is 6.07. The monoisotopic (exact) mass is 414 g/mol. The third-order valence-electron chi connectivity index (χ3n) is 3.95. The number of rotatable bonds is 5. The second-order valence-corrected chi connectivity index (χ2v) is 9.00. The Labute approximate surface area is 160 Å². The predicted molar refractivity (Wildman–Crippen MR) is 100 cm³/mol. The van der Waals surface area contributed by atoms with E-state index in [1.165, 1.54) is 59.6 Å². The molecular formula is C16H15ClN2O5S2. The molecule has 0 unspecified atom stereocenters. The van der Waals surface area contributed by atoms with Crippen molar-refractivity contribution < 1.29 is 18.1 Å². The van der Waals surface area contributed by atoms with Crippen LogP contribution in [0.3, 0.4) is 0 Å². The first-order chi connectivity index (χ1) is 12.3. The number of nitrogens with zero attached hydrogens (tertiary/aromatic N) is 2. The summed E-state index contributed by atoms with van der Waals surface area (Å²) in [7, 11) is -2.40. The molecule has 0 spiro atoms. The summed E-state index contributed by atoms with van der Waals surface area (Å²) in [5.41, 5.74) is 0.346. The molecule has 1 atom stereocenters. The lowest BCUT2D eigenvalue weighted by atomic mass is 10.2. The van der Waals surface area contributed by atoms with Gasteiger partial charge in [-0.1, -0.05) is 17.7 Å². The van der Waals surface area contributed by atoms with Crippen LogP contribution in [-0.4, -0.2) is 37.1 Å². The Balaban J connectivity index is 1.99. The minimum Gasteiger partial charge on any atom is -0.490 e. The molecule has 7 nitrogen and oxygen atoms in total. The van der Waals surface area contributed by atoms with Gasteiger partial charge in [-0.05, 0) is 35.9 Å². The van der Waals surface area contributed by atoms with Gasteiger partial charge in [-0.2, -0.15) is 4.31 Å². The zero-order chi connectivity index (χ0) is 18.9. The summed E-state index contributed by atoms with van der Waals surface area (Å²) in [6.07, 6.45) is 0. The molecule has 10 heteroatoms. The third-order valence-corrected chi connectivity index (χ3v) is 7.48. The van der Waals surface area contributed by atoms with Gasteiger partial charge in [-0.25, -0.2) is 8.42 Å². The van der Waals surface area contributed by atoms with Crippen LogP contribution >= 0.6 is 23.4 Å². The molecule has 0 amide bonds. The number of nitro groups is 1. The highest BCUT2D eigenvalue weighted by atomic mass is 35.5. The number of nitro benzene ring substituents is 1. The number of sulfonamides is 1. The Hall–Kier alpha value is -1.81. The highest BCUT2D eigenvalue weighted by molar-refractivity contribution is 8.01. The lowest BCUT2D eigenvalue weighted by molar-refractivity contribution is -0.385. The molecule has 2 aromatic rings. The third kappa shape index (κ3) is 3.52. The summed E-state index contributed by atoms with van der Waals surface area (Å²) < 4.78 is 32.3. The molecular weight excluding hydrogens is 400 g/mol. The molecule has 138 valence electrons. The lowest BCUT2D eigenvalue weighted by Gasteiger charge is -2.23. The summed E-state index contributed by atoms with van der Waals surface area (Å²) in [6.45, 7) is 0.320. The number of thioether (sulfide) groups is 1. The molecule has 1 saturated heterocycles. The number of hydrogen-bond donors (Lipinski definition) is 0. The Kier molecular flexibility index (Phi) is 5.42. The van der Waals surface area contributed by atoms with E-state index in [2.05, 4.69) is 0 Å². The van der Waals surface area contributed by atoms with Crippen molar-refractivity contribution >= 4 is 39.1 Å². The SMILES string of the molecule is COc1ccc([C@@H]2SCCN2S(=O)(=O)c2ccc(Cl)cc2)cc1[N+](=O)[O-]. The van der Waals surface area contributed by atoms with Crippen LogP contribution in [0.1, 0.15) is 10.9 Å². The van der Waals surface area contributed by atoms with Crippen LogP contribution in [0.2, 0.25) is 5.02 Å². The average molecular weight is 415 g/mol. The highest BCUT2D eigenvalue weighted by Crippen LogP contribution is 2.43. The van der Waals surface area contributed by atoms with Crippen LogP contribution in [0.25, 0.3) is 0 Å². The highest BCUT2D eigenvalue weighted by Gasteiger charge is 2.37. The van der Waals surface area contributed by atoms with E-state index in [9.17, 15) is 18.5 Å². The summed E-state index contributed by atoms with van der Waals surface area (Å²) in [5, 5.41) is 11.2. The molecule has 1 fully saturated rings. The van der Waals surface area contributed by atoms with Gasteiger partial charge < -0.3 is 4.74 Å². The van der Waals surface area contributed by atoms with Crippen molar-refractivity contribution in [3.05, 3.63) is 63.2 Å². The fraction of sp³-hybridized carbons (Fsp3) is 0.250. The van der Waals surface area contributed by atoms with E-state index >= 15 is 0 Å². The first-order valence-electron chi connectivity index (χ1n) is 7.56. The maximum atomic E-state index is 13.0. The van der Waals surface area contributed by atoms with Crippen LogP contribution in [-0.2, 0) is 10.0 Å². The van der Waals surface area contributed by atoms with Gasteiger partial charge in [0.25, 0.3) is 0 Å². The van der Waals surface area contributed by atoms with E-state index in [4.69, 9.17) is 16.3 Å². The molecule has 0 saturated carbocycles. The van der Waals surface area contributed by atoms with E-state index in [1.807, 2.05) is 0 Å². The van der Waals surface area contributed by atoms with E-state index in [0.717, 1.165) is 0 Å². The molecule has 26 heavy (non-hydrogen) atoms. The van der Waals surface area contributed by atoms with E-state index in [1.54, 1.807) is 6.07 Å². The van der Waals surface area contributed by atoms with Crippen LogP contribution in [0.5, 0.6) is 5.75 Å². The zero-order valence-electron chi connectivity index (χ0n) is 13.7. The number of methoxy groups -OCH3 is 1. The van der Waals surface area contributed by atoms with Crippen LogP contribution < -0.4 is 4.74 Å². The maximum absolute atomic E-state index is 13.0. The Morgan fingerprint density at radius 2 is 1.96 bits per heavy atom. The van der Waals surface area contributed by atoms with E-state index in [-0.39, 0.29) is 16.3 Å². The number of hydrogen-bond acceptors (Lipinski definition) is 6. The van der Waals surface area contributed by atoms with Crippen molar-refractivity contribution in [1.29, 1.82) is 0 Å². The van der Waals surface area contributed by atoms with Gasteiger partial charge in [0.05, 0.1) is 22.3 Å². The summed E-state index contributed by atoms with van der Waals surface area (Å²) in [6, 6.07) is 10.4. The Bertz CT molecular complexity index is 934. The summed E-state index contributed by atoms with van der Waals surface area (Å²) in [4.78, 5) is 10.8. The normalized spacial score (nSPS) is 18.0. The Morgan fingerprint density at radius 3 is 2.58 bits per heavy atom. The lowest BCUT2D eigenvalue weighted by Crippen LogP contribution is -2.30. The van der Waals surface area contributed by atoms with Gasteiger partial charge in [0.15, 0.2) is 5.75 Å². The quantitative estimate of drug-likeness (QED) is 0.547. The molecule has 0 aliphatic carbocycles. The smallest absolute Gasteiger partial charge is 0.311 e.